The third-order valence-corrected chi connectivity index (χ3v) is 4.31. The predicted molar refractivity (Wildman–Crippen MR) is 81.8 cm³/mol. The van der Waals surface area contributed by atoms with E-state index in [1.165, 1.54) is 6.07 Å². The molecule has 0 aliphatic carbocycles. The third-order valence-electron chi connectivity index (χ3n) is 2.93. The number of nitrogens with one attached hydrogen (secondary N) is 1. The fourth-order valence-electron chi connectivity index (χ4n) is 1.91. The van der Waals surface area contributed by atoms with E-state index in [4.69, 9.17) is 11.6 Å². The molecule has 20 heavy (non-hydrogen) atoms. The molecule has 0 bridgehead atoms. The van der Waals surface area contributed by atoms with Gasteiger partial charge in [0.25, 0.3) is 5.69 Å². The number of thiazole rings is 1. The van der Waals surface area contributed by atoms with Crippen LogP contribution in [0.4, 0.5) is 11.4 Å². The number of aromatic nitrogens is 1. The highest BCUT2D eigenvalue weighted by molar-refractivity contribution is 7.11. The van der Waals surface area contributed by atoms with Crippen LogP contribution in [0.5, 0.6) is 0 Å². The van der Waals surface area contributed by atoms with Gasteiger partial charge in [-0.25, -0.2) is 4.98 Å². The van der Waals surface area contributed by atoms with Crippen LogP contribution in [0.2, 0.25) is 5.02 Å². The number of nitrogens with zero attached hydrogens (tertiary/aromatic N) is 2. The lowest BCUT2D eigenvalue weighted by atomic mass is 10.1. The van der Waals surface area contributed by atoms with Gasteiger partial charge in [-0.3, -0.25) is 10.1 Å². The third kappa shape index (κ3) is 3.08. The van der Waals surface area contributed by atoms with E-state index in [9.17, 15) is 10.1 Å². The largest absolute Gasteiger partial charge is 0.380 e. The zero-order valence-electron chi connectivity index (χ0n) is 11.4. The molecular weight excluding hydrogens is 298 g/mol. The number of nitro groups is 1. The number of halogens is 1. The second-order valence-electron chi connectivity index (χ2n) is 4.47. The van der Waals surface area contributed by atoms with Crippen LogP contribution in [0.3, 0.4) is 0 Å². The maximum atomic E-state index is 10.8. The van der Waals surface area contributed by atoms with Crippen LogP contribution in [-0.4, -0.2) is 9.91 Å². The molecule has 0 amide bonds. The van der Waals surface area contributed by atoms with Gasteiger partial charge >= 0.3 is 0 Å². The van der Waals surface area contributed by atoms with Crippen LogP contribution >= 0.6 is 22.9 Å². The van der Waals surface area contributed by atoms with Crippen molar-refractivity contribution >= 4 is 34.3 Å². The normalized spacial score (nSPS) is 10.6. The van der Waals surface area contributed by atoms with Crippen molar-refractivity contribution in [1.82, 2.24) is 4.98 Å². The number of hydrogen-bond donors (Lipinski definition) is 1. The Labute approximate surface area is 125 Å². The van der Waals surface area contributed by atoms with Crippen molar-refractivity contribution in [2.45, 2.75) is 27.3 Å². The summed E-state index contributed by atoms with van der Waals surface area (Å²) in [5.74, 6) is 0. The Kier molecular flexibility index (Phi) is 4.25. The minimum absolute atomic E-state index is 0.0699. The van der Waals surface area contributed by atoms with Crippen LogP contribution in [-0.2, 0) is 6.54 Å². The van der Waals surface area contributed by atoms with Gasteiger partial charge in [-0.2, -0.15) is 0 Å². The van der Waals surface area contributed by atoms with Gasteiger partial charge in [-0.05, 0) is 32.4 Å². The first-order chi connectivity index (χ1) is 9.38. The Bertz CT molecular complexity index is 670. The van der Waals surface area contributed by atoms with Gasteiger partial charge in [0.2, 0.25) is 0 Å². The number of nitro benzene ring substituents is 1. The molecule has 1 aromatic carbocycles. The van der Waals surface area contributed by atoms with Crippen molar-refractivity contribution in [3.05, 3.63) is 48.4 Å². The first kappa shape index (κ1) is 14.7. The Morgan fingerprint density at radius 3 is 2.65 bits per heavy atom. The van der Waals surface area contributed by atoms with Crippen molar-refractivity contribution in [3.8, 4) is 0 Å². The fraction of sp³-hybridized carbons (Fsp3) is 0.308. The fourth-order valence-corrected chi connectivity index (χ4v) is 3.02. The molecule has 106 valence electrons. The van der Waals surface area contributed by atoms with E-state index in [1.54, 1.807) is 17.4 Å². The van der Waals surface area contributed by atoms with E-state index in [0.29, 0.717) is 6.54 Å². The molecule has 2 aromatic rings. The van der Waals surface area contributed by atoms with Gasteiger partial charge < -0.3 is 5.32 Å². The Morgan fingerprint density at radius 1 is 1.40 bits per heavy atom. The molecule has 1 aromatic heterocycles. The van der Waals surface area contributed by atoms with Crippen molar-refractivity contribution < 1.29 is 4.92 Å². The first-order valence-electron chi connectivity index (χ1n) is 6.00. The van der Waals surface area contributed by atoms with E-state index in [-0.39, 0.29) is 10.7 Å². The van der Waals surface area contributed by atoms with Gasteiger partial charge in [0.15, 0.2) is 0 Å². The highest BCUT2D eigenvalue weighted by Crippen LogP contribution is 2.31. The zero-order valence-corrected chi connectivity index (χ0v) is 12.9. The average molecular weight is 312 g/mol. The minimum atomic E-state index is -0.476. The van der Waals surface area contributed by atoms with Gasteiger partial charge in [0, 0.05) is 16.6 Å². The predicted octanol–water partition coefficient (Wildman–Crippen LogP) is 4.24. The summed E-state index contributed by atoms with van der Waals surface area (Å²) in [5, 5.41) is 15.2. The van der Waals surface area contributed by atoms with Crippen LogP contribution in [0.15, 0.2) is 12.1 Å². The first-order valence-corrected chi connectivity index (χ1v) is 7.19. The molecule has 7 heteroatoms. The smallest absolute Gasteiger partial charge is 0.288 e. The van der Waals surface area contributed by atoms with E-state index < -0.39 is 4.92 Å². The molecule has 0 fully saturated rings. The number of hydrogen-bond acceptors (Lipinski definition) is 5. The molecule has 0 atom stereocenters. The number of rotatable bonds is 4. The summed E-state index contributed by atoms with van der Waals surface area (Å²) in [6, 6.07) is 3.08. The van der Waals surface area contributed by atoms with Gasteiger partial charge in [-0.15, -0.1) is 11.3 Å². The molecule has 0 saturated carbocycles. The maximum Gasteiger partial charge on any atom is 0.288 e. The molecule has 2 rings (SSSR count). The number of benzene rings is 1. The lowest BCUT2D eigenvalue weighted by Gasteiger charge is -2.09. The summed E-state index contributed by atoms with van der Waals surface area (Å²) in [7, 11) is 0. The summed E-state index contributed by atoms with van der Waals surface area (Å²) in [6.45, 7) is 6.38. The average Bonchev–Trinajstić information content (AvgIpc) is 2.68. The second-order valence-corrected chi connectivity index (χ2v) is 6.17. The summed E-state index contributed by atoms with van der Waals surface area (Å²) in [4.78, 5) is 15.8. The van der Waals surface area contributed by atoms with E-state index in [0.717, 1.165) is 26.8 Å². The molecule has 0 aliphatic rings. The lowest BCUT2D eigenvalue weighted by Crippen LogP contribution is -2.02. The Hall–Kier alpha value is -1.66. The topological polar surface area (TPSA) is 68.1 Å². The standard InChI is InChI=1S/C13H14ClN3O2S/c1-7-4-12(17(18)19)10(14)5-11(7)15-6-13-8(2)16-9(3)20-13/h4-5,15H,6H2,1-3H3. The highest BCUT2D eigenvalue weighted by atomic mass is 35.5. The molecule has 0 saturated heterocycles. The monoisotopic (exact) mass is 311 g/mol. The van der Waals surface area contributed by atoms with Gasteiger partial charge in [-0.1, -0.05) is 11.6 Å². The SMILES string of the molecule is Cc1nc(C)c(CNc2cc(Cl)c([N+](=O)[O-])cc2C)s1. The van der Waals surface area contributed by atoms with E-state index in [1.807, 2.05) is 20.8 Å². The summed E-state index contributed by atoms with van der Waals surface area (Å²) in [6.07, 6.45) is 0. The Balaban J connectivity index is 2.20. The van der Waals surface area contributed by atoms with Crippen molar-refractivity contribution in [1.29, 1.82) is 0 Å². The zero-order chi connectivity index (χ0) is 14.9. The quantitative estimate of drug-likeness (QED) is 0.677. The van der Waals surface area contributed by atoms with Gasteiger partial charge in [0.1, 0.15) is 5.02 Å². The molecule has 0 aliphatic heterocycles. The molecule has 1 N–H and O–H groups in total. The van der Waals surface area contributed by atoms with Gasteiger partial charge in [0.05, 0.1) is 22.2 Å². The summed E-state index contributed by atoms with van der Waals surface area (Å²) in [5.41, 5.74) is 2.52. The molecule has 1 heterocycles. The van der Waals surface area contributed by atoms with Crippen molar-refractivity contribution in [2.24, 2.45) is 0 Å². The van der Waals surface area contributed by atoms with E-state index >= 15 is 0 Å². The molecule has 0 radical (unpaired) electrons. The van der Waals surface area contributed by atoms with Crippen LogP contribution in [0.1, 0.15) is 21.1 Å². The van der Waals surface area contributed by atoms with Crippen molar-refractivity contribution in [3.63, 3.8) is 0 Å². The van der Waals surface area contributed by atoms with E-state index in [2.05, 4.69) is 10.3 Å². The number of aryl methyl sites for hydroxylation is 3. The minimum Gasteiger partial charge on any atom is -0.380 e. The van der Waals surface area contributed by atoms with Crippen LogP contribution in [0.25, 0.3) is 0 Å². The van der Waals surface area contributed by atoms with Crippen LogP contribution in [0, 0.1) is 30.9 Å². The maximum absolute atomic E-state index is 10.8. The van der Waals surface area contributed by atoms with Crippen LogP contribution < -0.4 is 5.32 Å². The summed E-state index contributed by atoms with van der Waals surface area (Å²) >= 11 is 7.56. The second kappa shape index (κ2) is 5.76. The summed E-state index contributed by atoms with van der Waals surface area (Å²) < 4.78 is 0. The molecule has 0 spiro atoms. The number of anilines is 1. The highest BCUT2D eigenvalue weighted by Gasteiger charge is 2.15. The van der Waals surface area contributed by atoms with Crippen molar-refractivity contribution in [2.75, 3.05) is 5.32 Å². The molecule has 5 nitrogen and oxygen atoms in total. The molecule has 0 unspecified atom stereocenters. The molecular formula is C13H14ClN3O2S. The Morgan fingerprint density at radius 2 is 2.10 bits per heavy atom. The lowest BCUT2D eigenvalue weighted by molar-refractivity contribution is -0.384.